The van der Waals surface area contributed by atoms with E-state index in [2.05, 4.69) is 0 Å². The molecule has 2 amide bonds. The molecule has 0 spiro atoms. The predicted octanol–water partition coefficient (Wildman–Crippen LogP) is 4.45. The number of para-hydroxylation sites is 1. The number of halogens is 2. The highest BCUT2D eigenvalue weighted by Crippen LogP contribution is 2.32. The number of benzene rings is 2. The van der Waals surface area contributed by atoms with Gasteiger partial charge in [-0.1, -0.05) is 41.4 Å². The summed E-state index contributed by atoms with van der Waals surface area (Å²) in [6.45, 7) is 0.776. The van der Waals surface area contributed by atoms with E-state index >= 15 is 0 Å². The van der Waals surface area contributed by atoms with E-state index < -0.39 is 0 Å². The standard InChI is InChI=1S/C18H15Cl2NO3/c19-14-8-5-9-15(20)16(14)24-11-4-3-10-21-17(22)12-6-1-2-7-13(12)18(21)23/h1-2,5-9H,3-4,10-11H2. The summed E-state index contributed by atoms with van der Waals surface area (Å²) in [5.41, 5.74) is 0.947. The second-order valence-electron chi connectivity index (χ2n) is 5.41. The SMILES string of the molecule is O=C1c2ccccc2C(=O)N1CCCCOc1c(Cl)cccc1Cl. The third-order valence-corrected chi connectivity index (χ3v) is 4.41. The summed E-state index contributed by atoms with van der Waals surface area (Å²) < 4.78 is 5.60. The molecule has 3 rings (SSSR count). The van der Waals surface area contributed by atoms with Gasteiger partial charge in [0.1, 0.15) is 0 Å². The van der Waals surface area contributed by atoms with Crippen molar-refractivity contribution in [2.45, 2.75) is 12.8 Å². The highest BCUT2D eigenvalue weighted by atomic mass is 35.5. The van der Waals surface area contributed by atoms with E-state index in [9.17, 15) is 9.59 Å². The largest absolute Gasteiger partial charge is 0.490 e. The number of unbranched alkanes of at least 4 members (excludes halogenated alkanes) is 1. The molecule has 24 heavy (non-hydrogen) atoms. The number of nitrogens with zero attached hydrogens (tertiary/aromatic N) is 1. The summed E-state index contributed by atoms with van der Waals surface area (Å²) in [4.78, 5) is 25.7. The fourth-order valence-electron chi connectivity index (χ4n) is 2.61. The molecular formula is C18H15Cl2NO3. The summed E-state index contributed by atoms with van der Waals surface area (Å²) in [6, 6.07) is 12.0. The minimum Gasteiger partial charge on any atom is -0.490 e. The lowest BCUT2D eigenvalue weighted by molar-refractivity contribution is 0.0649. The maximum absolute atomic E-state index is 12.2. The van der Waals surface area contributed by atoms with E-state index in [0.717, 1.165) is 0 Å². The number of ether oxygens (including phenoxy) is 1. The first kappa shape index (κ1) is 16.8. The van der Waals surface area contributed by atoms with E-state index in [0.29, 0.717) is 52.9 Å². The van der Waals surface area contributed by atoms with Gasteiger partial charge in [0, 0.05) is 6.54 Å². The van der Waals surface area contributed by atoms with E-state index in [-0.39, 0.29) is 11.8 Å². The van der Waals surface area contributed by atoms with Gasteiger partial charge >= 0.3 is 0 Å². The van der Waals surface area contributed by atoms with Crippen LogP contribution in [0, 0.1) is 0 Å². The number of fused-ring (bicyclic) bond motifs is 1. The molecule has 124 valence electrons. The Bertz CT molecular complexity index is 736. The Morgan fingerprint density at radius 3 is 2.00 bits per heavy atom. The lowest BCUT2D eigenvalue weighted by Crippen LogP contribution is -2.30. The van der Waals surface area contributed by atoms with Crippen molar-refractivity contribution in [2.24, 2.45) is 0 Å². The molecule has 1 aliphatic heterocycles. The van der Waals surface area contributed by atoms with Gasteiger partial charge in [-0.15, -0.1) is 0 Å². The first-order chi connectivity index (χ1) is 11.6. The summed E-state index contributed by atoms with van der Waals surface area (Å²) in [6.07, 6.45) is 1.32. The van der Waals surface area contributed by atoms with Crippen LogP contribution >= 0.6 is 23.2 Å². The van der Waals surface area contributed by atoms with E-state index in [1.54, 1.807) is 42.5 Å². The number of carbonyl (C=O) groups is 2. The molecule has 0 saturated carbocycles. The zero-order chi connectivity index (χ0) is 17.1. The van der Waals surface area contributed by atoms with Crippen molar-refractivity contribution in [3.8, 4) is 5.75 Å². The molecular weight excluding hydrogens is 349 g/mol. The Kier molecular flexibility index (Phi) is 5.07. The molecule has 1 aliphatic rings. The Hall–Kier alpha value is -2.04. The van der Waals surface area contributed by atoms with E-state index in [1.165, 1.54) is 4.90 Å². The monoisotopic (exact) mass is 363 g/mol. The number of carbonyl (C=O) groups excluding carboxylic acids is 2. The van der Waals surface area contributed by atoms with Crippen LogP contribution in [0.3, 0.4) is 0 Å². The predicted molar refractivity (Wildman–Crippen MR) is 93.0 cm³/mol. The van der Waals surface area contributed by atoms with Gasteiger partial charge in [0.05, 0.1) is 27.8 Å². The van der Waals surface area contributed by atoms with Gasteiger partial charge in [0.2, 0.25) is 0 Å². The fourth-order valence-corrected chi connectivity index (χ4v) is 3.12. The average molecular weight is 364 g/mol. The summed E-state index contributed by atoms with van der Waals surface area (Å²) in [5.74, 6) is -0.00195. The molecule has 0 atom stereocenters. The van der Waals surface area contributed by atoms with E-state index in [1.807, 2.05) is 0 Å². The number of amides is 2. The van der Waals surface area contributed by atoms with Gasteiger partial charge in [-0.25, -0.2) is 0 Å². The first-order valence-electron chi connectivity index (χ1n) is 7.61. The van der Waals surface area contributed by atoms with Crippen LogP contribution in [-0.4, -0.2) is 29.9 Å². The van der Waals surface area contributed by atoms with Crippen molar-refractivity contribution < 1.29 is 14.3 Å². The molecule has 0 radical (unpaired) electrons. The smallest absolute Gasteiger partial charge is 0.261 e. The third kappa shape index (κ3) is 3.25. The molecule has 0 N–H and O–H groups in total. The average Bonchev–Trinajstić information content (AvgIpc) is 2.82. The van der Waals surface area contributed by atoms with Gasteiger partial charge < -0.3 is 4.74 Å². The Balaban J connectivity index is 1.50. The first-order valence-corrected chi connectivity index (χ1v) is 8.37. The number of imide groups is 1. The van der Waals surface area contributed by atoms with Crippen LogP contribution in [0.5, 0.6) is 5.75 Å². The molecule has 1 heterocycles. The molecule has 0 unspecified atom stereocenters. The molecule has 0 aliphatic carbocycles. The molecule has 0 bridgehead atoms. The highest BCUT2D eigenvalue weighted by Gasteiger charge is 2.34. The molecule has 0 saturated heterocycles. The van der Waals surface area contributed by atoms with Crippen LogP contribution in [0.4, 0.5) is 0 Å². The van der Waals surface area contributed by atoms with Crippen LogP contribution in [0.2, 0.25) is 10.0 Å². The van der Waals surface area contributed by atoms with Gasteiger partial charge in [-0.3, -0.25) is 14.5 Å². The molecule has 2 aromatic carbocycles. The minimum absolute atomic E-state index is 0.231. The Morgan fingerprint density at radius 1 is 0.833 bits per heavy atom. The zero-order valence-electron chi connectivity index (χ0n) is 12.8. The maximum Gasteiger partial charge on any atom is 0.261 e. The fraction of sp³-hybridized carbons (Fsp3) is 0.222. The quantitative estimate of drug-likeness (QED) is 0.562. The molecule has 6 heteroatoms. The second kappa shape index (κ2) is 7.24. The van der Waals surface area contributed by atoms with Crippen LogP contribution in [0.25, 0.3) is 0 Å². The number of rotatable bonds is 6. The Labute approximate surface area is 149 Å². The van der Waals surface area contributed by atoms with Crippen LogP contribution in [0.15, 0.2) is 42.5 Å². The van der Waals surface area contributed by atoms with Crippen molar-refractivity contribution in [3.05, 3.63) is 63.6 Å². The summed E-state index contributed by atoms with van der Waals surface area (Å²) in [7, 11) is 0. The summed E-state index contributed by atoms with van der Waals surface area (Å²) in [5, 5.41) is 0.922. The molecule has 0 aromatic heterocycles. The molecule has 0 fully saturated rings. The van der Waals surface area contributed by atoms with Gasteiger partial charge in [-0.2, -0.15) is 0 Å². The van der Waals surface area contributed by atoms with Gasteiger partial charge in [0.25, 0.3) is 11.8 Å². The van der Waals surface area contributed by atoms with Crippen molar-refractivity contribution in [2.75, 3.05) is 13.2 Å². The van der Waals surface area contributed by atoms with Crippen LogP contribution < -0.4 is 4.74 Å². The number of hydrogen-bond donors (Lipinski definition) is 0. The third-order valence-electron chi connectivity index (χ3n) is 3.82. The van der Waals surface area contributed by atoms with Crippen LogP contribution in [0.1, 0.15) is 33.6 Å². The number of hydrogen-bond acceptors (Lipinski definition) is 3. The van der Waals surface area contributed by atoms with Crippen LogP contribution in [-0.2, 0) is 0 Å². The Morgan fingerprint density at radius 2 is 1.42 bits per heavy atom. The van der Waals surface area contributed by atoms with Crippen molar-refractivity contribution >= 4 is 35.0 Å². The van der Waals surface area contributed by atoms with Crippen molar-refractivity contribution in [1.82, 2.24) is 4.90 Å². The van der Waals surface area contributed by atoms with Gasteiger partial charge in [-0.05, 0) is 37.1 Å². The molecule has 4 nitrogen and oxygen atoms in total. The topological polar surface area (TPSA) is 46.6 Å². The van der Waals surface area contributed by atoms with E-state index in [4.69, 9.17) is 27.9 Å². The normalized spacial score (nSPS) is 13.3. The lowest BCUT2D eigenvalue weighted by atomic mass is 10.1. The van der Waals surface area contributed by atoms with Crippen molar-refractivity contribution in [3.63, 3.8) is 0 Å². The van der Waals surface area contributed by atoms with Gasteiger partial charge in [0.15, 0.2) is 5.75 Å². The molecule has 2 aromatic rings. The lowest BCUT2D eigenvalue weighted by Gasteiger charge is -2.14. The van der Waals surface area contributed by atoms with Crippen molar-refractivity contribution in [1.29, 1.82) is 0 Å². The highest BCUT2D eigenvalue weighted by molar-refractivity contribution is 6.37. The minimum atomic E-state index is -0.231. The zero-order valence-corrected chi connectivity index (χ0v) is 14.3. The second-order valence-corrected chi connectivity index (χ2v) is 6.23. The summed E-state index contributed by atoms with van der Waals surface area (Å²) >= 11 is 12.1. The maximum atomic E-state index is 12.2.